The smallest absolute Gasteiger partial charge is 0.233 e. The SMILES string of the molecule is C=O.CC=O.CCC(C)C.CCCC.CCCC[C@@H](C)C(C)O.CCNC(=O)CN.N.[HH].[HH]. The maximum absolute atomic E-state index is 10.2. The summed E-state index contributed by atoms with van der Waals surface area (Å²) in [5.41, 5.74) is 4.95. The van der Waals surface area contributed by atoms with Gasteiger partial charge in [-0.3, -0.25) is 4.79 Å². The van der Waals surface area contributed by atoms with Crippen LogP contribution >= 0.6 is 0 Å². The van der Waals surface area contributed by atoms with Crippen molar-refractivity contribution >= 4 is 19.0 Å². The van der Waals surface area contributed by atoms with Crippen LogP contribution < -0.4 is 17.2 Å². The number of carbonyl (C=O) groups excluding carboxylic acids is 3. The van der Waals surface area contributed by atoms with Crippen molar-refractivity contribution in [3.8, 4) is 0 Å². The lowest BCUT2D eigenvalue weighted by molar-refractivity contribution is -0.119. The van der Waals surface area contributed by atoms with E-state index < -0.39 is 0 Å². The van der Waals surface area contributed by atoms with E-state index in [9.17, 15) is 4.79 Å². The molecule has 7 heteroatoms. The number of unbranched alkanes of at least 4 members (excludes halogenated alkanes) is 2. The number of hydrogen-bond acceptors (Lipinski definition) is 6. The maximum atomic E-state index is 10.2. The zero-order valence-electron chi connectivity index (χ0n) is 22.6. The molecule has 0 saturated heterocycles. The summed E-state index contributed by atoms with van der Waals surface area (Å²) in [7, 11) is 0. The summed E-state index contributed by atoms with van der Waals surface area (Å²) < 4.78 is 0. The first-order valence-corrected chi connectivity index (χ1v) is 11.4. The van der Waals surface area contributed by atoms with Gasteiger partial charge in [0.25, 0.3) is 0 Å². The molecule has 0 fully saturated rings. The van der Waals surface area contributed by atoms with Crippen LogP contribution in [-0.4, -0.2) is 43.3 Å². The highest BCUT2D eigenvalue weighted by atomic mass is 16.3. The highest BCUT2D eigenvalue weighted by Gasteiger charge is 2.06. The van der Waals surface area contributed by atoms with Crippen LogP contribution in [-0.2, 0) is 14.4 Å². The number of aldehydes is 1. The molecule has 0 radical (unpaired) electrons. The van der Waals surface area contributed by atoms with Crippen molar-refractivity contribution in [2.45, 2.75) is 114 Å². The Morgan fingerprint density at radius 2 is 1.39 bits per heavy atom. The number of rotatable bonds is 8. The van der Waals surface area contributed by atoms with E-state index in [4.69, 9.17) is 20.4 Å². The quantitative estimate of drug-likeness (QED) is 0.338. The Bertz CT molecular complexity index is 299. The molecule has 0 aromatic carbocycles. The normalized spacial score (nSPS) is 9.97. The third-order valence-electron chi connectivity index (χ3n) is 3.71. The van der Waals surface area contributed by atoms with Gasteiger partial charge in [0.15, 0.2) is 0 Å². The molecule has 0 aliphatic rings. The Hall–Kier alpha value is -1.31. The second-order valence-electron chi connectivity index (χ2n) is 7.06. The first kappa shape index (κ1) is 47.5. The van der Waals surface area contributed by atoms with Crippen molar-refractivity contribution in [2.24, 2.45) is 17.6 Å². The van der Waals surface area contributed by atoms with E-state index in [1.165, 1.54) is 39.0 Å². The highest BCUT2D eigenvalue weighted by Crippen LogP contribution is 2.10. The predicted octanol–water partition coefficient (Wildman–Crippen LogP) is 5.81. The minimum absolute atomic E-state index is 0. The van der Waals surface area contributed by atoms with Crippen LogP contribution in [0.15, 0.2) is 0 Å². The molecule has 0 bridgehead atoms. The standard InChI is InChI=1S/C8H18O.C5H12.C4H10N2O.C4H10.C2H4O.CH2O.H3N.2H2/c1-4-5-6-7(2)8(3)9;1-4-5(2)3;1-2-6-4(7)3-5;1-3-4-2;1-2-3;1-2;;;/h7-9H,4-6H2,1-3H3;5H,4H2,1-3H3;2-3,5H2,1H3,(H,6,7);3-4H2,1-2H3;2H,1H3;1H2;1H3;2*1H/t7-,8?;;;;;;;;/m1......../s1. The number of aliphatic hydroxyl groups excluding tert-OH is 1. The minimum Gasteiger partial charge on any atom is -0.393 e. The first-order valence-electron chi connectivity index (χ1n) is 11.4. The van der Waals surface area contributed by atoms with Gasteiger partial charge in [-0.2, -0.15) is 0 Å². The fraction of sp³-hybridized carbons (Fsp3) is 0.875. The Morgan fingerprint density at radius 1 is 1.03 bits per heavy atom. The summed E-state index contributed by atoms with van der Waals surface area (Å²) in [6.45, 7) is 23.2. The van der Waals surface area contributed by atoms with Gasteiger partial charge in [-0.15, -0.1) is 0 Å². The Balaban J connectivity index is -0.0000000312. The van der Waals surface area contributed by atoms with Gasteiger partial charge >= 0.3 is 0 Å². The molecule has 0 aromatic heterocycles. The number of nitrogens with one attached hydrogen (secondary N) is 1. The fourth-order valence-corrected chi connectivity index (χ4v) is 1.04. The van der Waals surface area contributed by atoms with Gasteiger partial charge in [0.05, 0.1) is 12.6 Å². The average molecular weight is 458 g/mol. The molecule has 198 valence electrons. The van der Waals surface area contributed by atoms with Gasteiger partial charge in [-0.25, -0.2) is 0 Å². The van der Waals surface area contributed by atoms with Gasteiger partial charge in [0, 0.05) is 9.40 Å². The number of amides is 1. The number of hydrogen-bond donors (Lipinski definition) is 4. The molecule has 31 heavy (non-hydrogen) atoms. The van der Waals surface area contributed by atoms with Crippen molar-refractivity contribution < 1.29 is 22.3 Å². The molecule has 1 amide bonds. The molecule has 7 nitrogen and oxygen atoms in total. The molecule has 7 N–H and O–H groups in total. The van der Waals surface area contributed by atoms with E-state index in [1.807, 2.05) is 20.6 Å². The van der Waals surface area contributed by atoms with Gasteiger partial charge in [-0.05, 0) is 39.0 Å². The zero-order chi connectivity index (χ0) is 25.4. The van der Waals surface area contributed by atoms with E-state index in [0.717, 1.165) is 18.6 Å². The van der Waals surface area contributed by atoms with Crippen LogP contribution in [0.5, 0.6) is 0 Å². The van der Waals surface area contributed by atoms with Crippen molar-refractivity contribution in [2.75, 3.05) is 13.1 Å². The number of carbonyl (C=O) groups is 3. The monoisotopic (exact) mass is 457 g/mol. The minimum atomic E-state index is -0.128. The molecule has 0 spiro atoms. The Kier molecular flexibility index (Phi) is 78.7. The van der Waals surface area contributed by atoms with E-state index in [0.29, 0.717) is 12.5 Å². The van der Waals surface area contributed by atoms with Crippen LogP contribution in [0.3, 0.4) is 0 Å². The zero-order valence-corrected chi connectivity index (χ0v) is 22.6. The maximum Gasteiger partial charge on any atom is 0.233 e. The third kappa shape index (κ3) is 94.7. The second kappa shape index (κ2) is 51.4. The number of likely N-dealkylation sites (N-methyl/N-ethyl adjacent to an activating group) is 1. The molecule has 2 atom stereocenters. The first-order chi connectivity index (χ1) is 14.1. The lowest BCUT2D eigenvalue weighted by Gasteiger charge is -2.12. The molecule has 0 rings (SSSR count). The van der Waals surface area contributed by atoms with Crippen molar-refractivity contribution in [1.29, 1.82) is 0 Å². The Morgan fingerprint density at radius 3 is 1.52 bits per heavy atom. The molecular weight excluding hydrogens is 394 g/mol. The number of aliphatic hydroxyl groups is 1. The summed E-state index contributed by atoms with van der Waals surface area (Å²) in [4.78, 5) is 27.0. The van der Waals surface area contributed by atoms with Crippen molar-refractivity contribution in [1.82, 2.24) is 11.5 Å². The lowest BCUT2D eigenvalue weighted by atomic mass is 10.00. The van der Waals surface area contributed by atoms with Crippen LogP contribution in [0.1, 0.15) is 111 Å². The average Bonchev–Trinajstić information content (AvgIpc) is 2.75. The van der Waals surface area contributed by atoms with Gasteiger partial charge in [-0.1, -0.05) is 80.6 Å². The van der Waals surface area contributed by atoms with Gasteiger partial charge in [0.1, 0.15) is 13.1 Å². The summed E-state index contributed by atoms with van der Waals surface area (Å²) in [6, 6.07) is 0. The molecule has 0 aliphatic carbocycles. The van der Waals surface area contributed by atoms with Crippen LogP contribution in [0.4, 0.5) is 0 Å². The fourth-order valence-electron chi connectivity index (χ4n) is 1.04. The highest BCUT2D eigenvalue weighted by molar-refractivity contribution is 5.77. The Labute approximate surface area is 197 Å². The topological polar surface area (TPSA) is 144 Å². The summed E-state index contributed by atoms with van der Waals surface area (Å²) in [5.74, 6) is 1.27. The van der Waals surface area contributed by atoms with E-state index in [-0.39, 0.29) is 27.6 Å². The van der Waals surface area contributed by atoms with Crippen molar-refractivity contribution in [3.63, 3.8) is 0 Å². The van der Waals surface area contributed by atoms with Gasteiger partial charge in [0.2, 0.25) is 5.91 Å². The predicted molar refractivity (Wildman–Crippen MR) is 142 cm³/mol. The molecule has 0 heterocycles. The van der Waals surface area contributed by atoms with E-state index in [2.05, 4.69) is 53.8 Å². The molecule has 0 aliphatic heterocycles. The largest absolute Gasteiger partial charge is 0.393 e. The molecule has 0 saturated carbocycles. The van der Waals surface area contributed by atoms with Crippen LogP contribution in [0.2, 0.25) is 0 Å². The molecular formula is C24H63N3O4. The second-order valence-corrected chi connectivity index (χ2v) is 7.06. The summed E-state index contributed by atoms with van der Waals surface area (Å²) >= 11 is 0. The van der Waals surface area contributed by atoms with Crippen molar-refractivity contribution in [3.05, 3.63) is 0 Å². The third-order valence-corrected chi connectivity index (χ3v) is 3.71. The summed E-state index contributed by atoms with van der Waals surface area (Å²) in [6.07, 6.45) is 8.20. The van der Waals surface area contributed by atoms with Crippen LogP contribution in [0.25, 0.3) is 0 Å². The molecule has 0 aromatic rings. The molecule has 1 unspecified atom stereocenters. The van der Waals surface area contributed by atoms with E-state index >= 15 is 0 Å². The number of nitrogens with two attached hydrogens (primary N) is 1. The van der Waals surface area contributed by atoms with Gasteiger partial charge < -0.3 is 31.9 Å². The summed E-state index contributed by atoms with van der Waals surface area (Å²) in [5, 5.41) is 11.6. The lowest BCUT2D eigenvalue weighted by Crippen LogP contribution is -2.29. The van der Waals surface area contributed by atoms with E-state index in [1.54, 1.807) is 0 Å². The van der Waals surface area contributed by atoms with Crippen LogP contribution in [0, 0.1) is 11.8 Å².